The Morgan fingerprint density at radius 1 is 1.04 bits per heavy atom. The summed E-state index contributed by atoms with van der Waals surface area (Å²) in [6.45, 7) is 11.2. The van der Waals surface area contributed by atoms with Crippen molar-refractivity contribution in [2.45, 2.75) is 72.3 Å². The minimum Gasteiger partial charge on any atom is -0.493 e. The van der Waals surface area contributed by atoms with Crippen molar-refractivity contribution in [1.82, 2.24) is 0 Å². The van der Waals surface area contributed by atoms with E-state index in [4.69, 9.17) is 37.5 Å². The van der Waals surface area contributed by atoms with Crippen molar-refractivity contribution in [3.05, 3.63) is 33.8 Å². The van der Waals surface area contributed by atoms with Gasteiger partial charge in [-0.3, -0.25) is 0 Å². The molecule has 0 radical (unpaired) electrons. The van der Waals surface area contributed by atoms with E-state index < -0.39 is 0 Å². The molecule has 0 heterocycles. The predicted octanol–water partition coefficient (Wildman–Crippen LogP) is 6.86. The predicted molar refractivity (Wildman–Crippen MR) is 119 cm³/mol. The Labute approximate surface area is 179 Å². The smallest absolute Gasteiger partial charge is 0.129 e. The van der Waals surface area contributed by atoms with Crippen molar-refractivity contribution in [3.63, 3.8) is 0 Å². The van der Waals surface area contributed by atoms with E-state index in [0.29, 0.717) is 13.2 Å². The molecule has 1 aromatic carbocycles. The van der Waals surface area contributed by atoms with Crippen molar-refractivity contribution in [1.29, 1.82) is 0 Å². The third-order valence-corrected chi connectivity index (χ3v) is 4.15. The Morgan fingerprint density at radius 2 is 1.68 bits per heavy atom. The topological polar surface area (TPSA) is 40.0 Å². The number of hydrogen-bond donors (Lipinski definition) is 0. The lowest BCUT2D eigenvalue weighted by atomic mass is 10.0. The number of benzene rings is 1. The van der Waals surface area contributed by atoms with Crippen LogP contribution in [0, 0.1) is 0 Å². The van der Waals surface area contributed by atoms with Crippen molar-refractivity contribution in [2.75, 3.05) is 13.2 Å². The molecule has 6 heteroatoms. The van der Waals surface area contributed by atoms with Crippen LogP contribution >= 0.6 is 23.2 Å². The van der Waals surface area contributed by atoms with Gasteiger partial charge in [0.2, 0.25) is 0 Å². The lowest BCUT2D eigenvalue weighted by molar-refractivity contribution is 0.00156. The second-order valence-corrected chi connectivity index (χ2v) is 8.43. The molecule has 0 bridgehead atoms. The normalized spacial score (nSPS) is 11.5. The first-order chi connectivity index (χ1) is 13.3. The summed E-state index contributed by atoms with van der Waals surface area (Å²) in [5.74, 6) is 1.79. The van der Waals surface area contributed by atoms with Crippen molar-refractivity contribution in [2.24, 2.45) is 5.16 Å². The monoisotopic (exact) mass is 429 g/mol. The first-order valence-electron chi connectivity index (χ1n) is 9.89. The van der Waals surface area contributed by atoms with Crippen LogP contribution in [-0.4, -0.2) is 25.0 Å². The van der Waals surface area contributed by atoms with E-state index in [1.807, 2.05) is 39.1 Å². The average molecular weight is 430 g/mol. The van der Waals surface area contributed by atoms with Crippen LogP contribution < -0.4 is 9.47 Å². The maximum absolute atomic E-state index is 6.12. The highest BCUT2D eigenvalue weighted by Crippen LogP contribution is 2.31. The molecule has 0 aromatic heterocycles. The fraction of sp³-hybridized carbons (Fsp3) is 0.591. The fourth-order valence-corrected chi connectivity index (χ4v) is 2.60. The quantitative estimate of drug-likeness (QED) is 0.207. The summed E-state index contributed by atoms with van der Waals surface area (Å²) in [6, 6.07) is 4.06. The first kappa shape index (κ1) is 24.6. The molecule has 1 aromatic rings. The van der Waals surface area contributed by atoms with E-state index in [-0.39, 0.29) is 10.1 Å². The molecule has 0 atom stereocenters. The molecule has 0 amide bonds. The molecule has 1 rings (SSSR count). The number of oxime groups is 1. The fourth-order valence-electron chi connectivity index (χ4n) is 2.48. The van der Waals surface area contributed by atoms with Gasteiger partial charge in [0.25, 0.3) is 0 Å². The number of halogens is 2. The van der Waals surface area contributed by atoms with Gasteiger partial charge in [-0.1, -0.05) is 42.2 Å². The maximum atomic E-state index is 6.12. The van der Waals surface area contributed by atoms with E-state index in [2.05, 4.69) is 19.0 Å². The van der Waals surface area contributed by atoms with Crippen LogP contribution in [0.15, 0.2) is 27.9 Å². The molecule has 4 nitrogen and oxygen atoms in total. The van der Waals surface area contributed by atoms with Crippen LogP contribution in [0.1, 0.15) is 65.0 Å². The Kier molecular flexibility index (Phi) is 11.4. The van der Waals surface area contributed by atoms with E-state index in [0.717, 1.165) is 54.7 Å². The van der Waals surface area contributed by atoms with E-state index in [1.54, 1.807) is 6.08 Å². The van der Waals surface area contributed by atoms with Crippen molar-refractivity contribution in [3.8, 4) is 11.5 Å². The Morgan fingerprint density at radius 3 is 2.21 bits per heavy atom. The van der Waals surface area contributed by atoms with Gasteiger partial charge < -0.3 is 14.3 Å². The molecule has 0 aliphatic carbocycles. The standard InChI is InChI=1S/C22H33Cl2NO3/c1-6-17-15-19(26-14-11-20(23)24)16-18(7-2)21(17)27-13-10-8-9-12-25-28-22(3,4)5/h11-12,15-16H,6-10,13-14H2,1-5H3/b25-12+. The second kappa shape index (κ2) is 12.9. The van der Waals surface area contributed by atoms with Gasteiger partial charge in [0.15, 0.2) is 0 Å². The molecule has 28 heavy (non-hydrogen) atoms. The molecule has 0 unspecified atom stereocenters. The highest BCUT2D eigenvalue weighted by molar-refractivity contribution is 6.55. The second-order valence-electron chi connectivity index (χ2n) is 7.42. The van der Waals surface area contributed by atoms with Gasteiger partial charge in [-0.25, -0.2) is 0 Å². The number of rotatable bonds is 12. The molecule has 0 spiro atoms. The van der Waals surface area contributed by atoms with Crippen molar-refractivity contribution >= 4 is 29.4 Å². The lowest BCUT2D eigenvalue weighted by Crippen LogP contribution is -2.15. The van der Waals surface area contributed by atoms with Gasteiger partial charge in [-0.2, -0.15) is 0 Å². The first-order valence-corrected chi connectivity index (χ1v) is 10.6. The van der Waals surface area contributed by atoms with E-state index >= 15 is 0 Å². The number of ether oxygens (including phenoxy) is 2. The summed E-state index contributed by atoms with van der Waals surface area (Å²) >= 11 is 11.3. The Hall–Kier alpha value is -1.39. The molecule has 0 fully saturated rings. The molecular formula is C22H33Cl2NO3. The summed E-state index contributed by atoms with van der Waals surface area (Å²) in [5.41, 5.74) is 2.06. The molecule has 0 aliphatic rings. The molecule has 0 N–H and O–H groups in total. The summed E-state index contributed by atoms with van der Waals surface area (Å²) in [7, 11) is 0. The number of unbranched alkanes of at least 4 members (excludes halogenated alkanes) is 2. The van der Waals surface area contributed by atoms with Gasteiger partial charge >= 0.3 is 0 Å². The minimum atomic E-state index is -0.241. The lowest BCUT2D eigenvalue weighted by Gasteiger charge is -2.17. The van der Waals surface area contributed by atoms with Crippen LogP contribution in [0.4, 0.5) is 0 Å². The summed E-state index contributed by atoms with van der Waals surface area (Å²) in [5, 5.41) is 4.00. The molecular weight excluding hydrogens is 397 g/mol. The molecule has 0 aliphatic heterocycles. The van der Waals surface area contributed by atoms with Crippen LogP contribution in [0.5, 0.6) is 11.5 Å². The number of aryl methyl sites for hydroxylation is 2. The Balaban J connectivity index is 2.56. The molecule has 0 saturated heterocycles. The van der Waals surface area contributed by atoms with E-state index in [1.165, 1.54) is 0 Å². The highest BCUT2D eigenvalue weighted by atomic mass is 35.5. The van der Waals surface area contributed by atoms with E-state index in [9.17, 15) is 0 Å². The molecule has 158 valence electrons. The largest absolute Gasteiger partial charge is 0.493 e. The van der Waals surface area contributed by atoms with Crippen LogP contribution in [0.25, 0.3) is 0 Å². The zero-order valence-corrected chi connectivity index (χ0v) is 19.2. The zero-order valence-electron chi connectivity index (χ0n) is 17.7. The number of hydrogen-bond acceptors (Lipinski definition) is 4. The van der Waals surface area contributed by atoms with Gasteiger partial charge in [-0.05, 0) is 82.2 Å². The van der Waals surface area contributed by atoms with Gasteiger partial charge in [0, 0.05) is 6.21 Å². The van der Waals surface area contributed by atoms with Gasteiger partial charge in [0.05, 0.1) is 6.61 Å². The van der Waals surface area contributed by atoms with Crippen molar-refractivity contribution < 1.29 is 14.3 Å². The van der Waals surface area contributed by atoms with Crippen LogP contribution in [0.2, 0.25) is 0 Å². The maximum Gasteiger partial charge on any atom is 0.129 e. The zero-order chi connectivity index (χ0) is 21.0. The summed E-state index contributed by atoms with van der Waals surface area (Å²) in [4.78, 5) is 5.33. The summed E-state index contributed by atoms with van der Waals surface area (Å²) in [6.07, 6.45) is 8.06. The van der Waals surface area contributed by atoms with Gasteiger partial charge in [0.1, 0.15) is 28.2 Å². The molecule has 0 saturated carbocycles. The van der Waals surface area contributed by atoms with Gasteiger partial charge in [-0.15, -0.1) is 0 Å². The van der Waals surface area contributed by atoms with Crippen LogP contribution in [-0.2, 0) is 17.7 Å². The average Bonchev–Trinajstić information content (AvgIpc) is 2.62. The van der Waals surface area contributed by atoms with Crippen LogP contribution in [0.3, 0.4) is 0 Å². The third-order valence-electron chi connectivity index (χ3n) is 3.84. The summed E-state index contributed by atoms with van der Waals surface area (Å²) < 4.78 is 12.1. The highest BCUT2D eigenvalue weighted by Gasteiger charge is 2.11. The number of nitrogens with zero attached hydrogens (tertiary/aromatic N) is 1. The minimum absolute atomic E-state index is 0.210. The third kappa shape index (κ3) is 10.2. The Bertz CT molecular complexity index is 623. The SMILES string of the molecule is CCc1cc(OCC=C(Cl)Cl)cc(CC)c1OCCCC/C=N/OC(C)(C)C.